The Morgan fingerprint density at radius 2 is 2.25 bits per heavy atom. The van der Waals surface area contributed by atoms with Crippen molar-refractivity contribution in [2.45, 2.75) is 12.5 Å². The molecule has 0 amide bonds. The van der Waals surface area contributed by atoms with E-state index in [1.807, 2.05) is 0 Å². The highest BCUT2D eigenvalue weighted by atomic mass is 19.1. The summed E-state index contributed by atoms with van der Waals surface area (Å²) >= 11 is 0. The molecule has 3 heteroatoms. The number of aliphatic hydroxyl groups excluding tert-OH is 1. The van der Waals surface area contributed by atoms with Gasteiger partial charge in [0.25, 0.3) is 0 Å². The maximum atomic E-state index is 12.6. The van der Waals surface area contributed by atoms with Crippen LogP contribution in [0.3, 0.4) is 0 Å². The van der Waals surface area contributed by atoms with Crippen LogP contribution in [0.4, 0.5) is 4.39 Å². The number of benzene rings is 1. The summed E-state index contributed by atoms with van der Waals surface area (Å²) in [5, 5.41) is 9.15. The van der Waals surface area contributed by atoms with Crippen LogP contribution in [0.1, 0.15) is 5.56 Å². The molecule has 1 aromatic carbocycles. The quantitative estimate of drug-likeness (QED) is 0.699. The molecule has 0 aliphatic carbocycles. The number of nitrogens with two attached hydrogens (primary N) is 1. The first kappa shape index (κ1) is 9.16. The monoisotopic (exact) mass is 169 g/mol. The van der Waals surface area contributed by atoms with Crippen LogP contribution in [-0.2, 0) is 6.42 Å². The highest BCUT2D eigenvalue weighted by Crippen LogP contribution is 2.05. The van der Waals surface area contributed by atoms with Crippen LogP contribution in [-0.4, -0.2) is 17.8 Å². The standard InChI is InChI=1S/C9H12FNO/c10-8-3-1-2-7(4-8)5-9(12)6-11/h1-4,9,12H,5-6,11H2/t9-/m1/s1. The molecule has 2 nitrogen and oxygen atoms in total. The van der Waals surface area contributed by atoms with E-state index >= 15 is 0 Å². The molecule has 1 atom stereocenters. The van der Waals surface area contributed by atoms with Gasteiger partial charge in [0.15, 0.2) is 0 Å². The lowest BCUT2D eigenvalue weighted by Gasteiger charge is -2.06. The van der Waals surface area contributed by atoms with E-state index in [4.69, 9.17) is 10.8 Å². The van der Waals surface area contributed by atoms with E-state index in [0.717, 1.165) is 5.56 Å². The van der Waals surface area contributed by atoms with E-state index in [0.29, 0.717) is 6.42 Å². The van der Waals surface area contributed by atoms with E-state index < -0.39 is 6.10 Å². The number of hydrogen-bond donors (Lipinski definition) is 2. The van der Waals surface area contributed by atoms with E-state index in [1.165, 1.54) is 12.1 Å². The molecule has 0 saturated carbocycles. The van der Waals surface area contributed by atoms with Crippen molar-refractivity contribution in [3.63, 3.8) is 0 Å². The lowest BCUT2D eigenvalue weighted by Crippen LogP contribution is -2.21. The normalized spacial score (nSPS) is 12.9. The second kappa shape index (κ2) is 4.18. The second-order valence-electron chi connectivity index (χ2n) is 2.72. The molecule has 12 heavy (non-hydrogen) atoms. The van der Waals surface area contributed by atoms with Gasteiger partial charge >= 0.3 is 0 Å². The number of rotatable bonds is 3. The minimum Gasteiger partial charge on any atom is -0.391 e. The topological polar surface area (TPSA) is 46.2 Å². The summed E-state index contributed by atoms with van der Waals surface area (Å²) in [6.07, 6.45) is -0.166. The molecule has 0 bridgehead atoms. The molecule has 0 heterocycles. The molecule has 3 N–H and O–H groups in total. The molecule has 0 unspecified atom stereocenters. The first-order chi connectivity index (χ1) is 5.72. The Balaban J connectivity index is 2.63. The van der Waals surface area contributed by atoms with Crippen LogP contribution in [0.2, 0.25) is 0 Å². The van der Waals surface area contributed by atoms with Crippen molar-refractivity contribution in [1.29, 1.82) is 0 Å². The highest BCUT2D eigenvalue weighted by molar-refractivity contribution is 5.17. The fourth-order valence-electron chi connectivity index (χ4n) is 1.02. The van der Waals surface area contributed by atoms with Crippen LogP contribution in [0.25, 0.3) is 0 Å². The van der Waals surface area contributed by atoms with Crippen LogP contribution >= 0.6 is 0 Å². The third-order valence-electron chi connectivity index (χ3n) is 1.63. The van der Waals surface area contributed by atoms with E-state index in [9.17, 15) is 4.39 Å². The molecule has 66 valence electrons. The molecule has 0 aliphatic heterocycles. The summed E-state index contributed by atoms with van der Waals surface area (Å²) < 4.78 is 12.6. The Labute approximate surface area is 70.8 Å². The zero-order chi connectivity index (χ0) is 8.97. The molecule has 0 aliphatic rings. The zero-order valence-corrected chi connectivity index (χ0v) is 6.70. The predicted molar refractivity (Wildman–Crippen MR) is 45.2 cm³/mol. The van der Waals surface area contributed by atoms with Crippen molar-refractivity contribution < 1.29 is 9.50 Å². The van der Waals surface area contributed by atoms with Gasteiger partial charge in [0.1, 0.15) is 5.82 Å². The predicted octanol–water partition coefficient (Wildman–Crippen LogP) is 0.688. The fraction of sp³-hybridized carbons (Fsp3) is 0.333. The molecular formula is C9H12FNO. The summed E-state index contributed by atoms with van der Waals surface area (Å²) in [6, 6.07) is 6.16. The summed E-state index contributed by atoms with van der Waals surface area (Å²) in [5.41, 5.74) is 5.99. The van der Waals surface area contributed by atoms with Gasteiger partial charge in [0.05, 0.1) is 6.10 Å². The molecule has 0 fully saturated rings. The third kappa shape index (κ3) is 2.60. The summed E-state index contributed by atoms with van der Waals surface area (Å²) in [4.78, 5) is 0. The van der Waals surface area contributed by atoms with Crippen molar-refractivity contribution in [1.82, 2.24) is 0 Å². The van der Waals surface area contributed by atoms with Crippen LogP contribution in [0.5, 0.6) is 0 Å². The van der Waals surface area contributed by atoms with E-state index in [-0.39, 0.29) is 12.4 Å². The Hall–Kier alpha value is -0.930. The first-order valence-corrected chi connectivity index (χ1v) is 3.85. The number of hydrogen-bond acceptors (Lipinski definition) is 2. The number of aliphatic hydroxyl groups is 1. The molecule has 1 rings (SSSR count). The molecular weight excluding hydrogens is 157 g/mol. The molecule has 1 aromatic rings. The average Bonchev–Trinajstić information content (AvgIpc) is 2.04. The second-order valence-corrected chi connectivity index (χ2v) is 2.72. The lowest BCUT2D eigenvalue weighted by molar-refractivity contribution is 0.183. The zero-order valence-electron chi connectivity index (χ0n) is 6.70. The lowest BCUT2D eigenvalue weighted by atomic mass is 10.1. The van der Waals surface area contributed by atoms with Gasteiger partial charge in [-0.1, -0.05) is 12.1 Å². The minimum absolute atomic E-state index is 0.205. The fourth-order valence-corrected chi connectivity index (χ4v) is 1.02. The molecule has 0 aromatic heterocycles. The van der Waals surface area contributed by atoms with Crippen molar-refractivity contribution in [2.24, 2.45) is 5.73 Å². The van der Waals surface area contributed by atoms with Crippen molar-refractivity contribution in [3.8, 4) is 0 Å². The van der Waals surface area contributed by atoms with Crippen LogP contribution in [0, 0.1) is 5.82 Å². The third-order valence-corrected chi connectivity index (χ3v) is 1.63. The maximum Gasteiger partial charge on any atom is 0.123 e. The maximum absolute atomic E-state index is 12.6. The Bertz CT molecular complexity index is 252. The Morgan fingerprint density at radius 1 is 1.50 bits per heavy atom. The van der Waals surface area contributed by atoms with Gasteiger partial charge in [-0.3, -0.25) is 0 Å². The van der Waals surface area contributed by atoms with E-state index in [1.54, 1.807) is 12.1 Å². The minimum atomic E-state index is -0.577. The summed E-state index contributed by atoms with van der Waals surface area (Å²) in [5.74, 6) is -0.281. The van der Waals surface area contributed by atoms with Crippen molar-refractivity contribution in [2.75, 3.05) is 6.54 Å². The summed E-state index contributed by atoms with van der Waals surface area (Å²) in [7, 11) is 0. The average molecular weight is 169 g/mol. The smallest absolute Gasteiger partial charge is 0.123 e. The van der Waals surface area contributed by atoms with Gasteiger partial charge in [-0.05, 0) is 24.1 Å². The SMILES string of the molecule is NC[C@H](O)Cc1cccc(F)c1. The van der Waals surface area contributed by atoms with Gasteiger partial charge in [-0.2, -0.15) is 0 Å². The largest absolute Gasteiger partial charge is 0.391 e. The van der Waals surface area contributed by atoms with Gasteiger partial charge in [-0.25, -0.2) is 4.39 Å². The van der Waals surface area contributed by atoms with Crippen LogP contribution < -0.4 is 5.73 Å². The Kier molecular flexibility index (Phi) is 3.19. The van der Waals surface area contributed by atoms with Gasteiger partial charge in [-0.15, -0.1) is 0 Å². The van der Waals surface area contributed by atoms with E-state index in [2.05, 4.69) is 0 Å². The molecule has 0 saturated heterocycles. The van der Waals surface area contributed by atoms with Crippen molar-refractivity contribution in [3.05, 3.63) is 35.6 Å². The molecule has 0 radical (unpaired) electrons. The number of halogens is 1. The Morgan fingerprint density at radius 3 is 2.83 bits per heavy atom. The van der Waals surface area contributed by atoms with Crippen molar-refractivity contribution >= 4 is 0 Å². The first-order valence-electron chi connectivity index (χ1n) is 3.85. The summed E-state index contributed by atoms with van der Waals surface area (Å²) in [6.45, 7) is 0.205. The van der Waals surface area contributed by atoms with Gasteiger partial charge < -0.3 is 10.8 Å². The molecule has 0 spiro atoms. The van der Waals surface area contributed by atoms with Crippen LogP contribution in [0.15, 0.2) is 24.3 Å². The van der Waals surface area contributed by atoms with Gasteiger partial charge in [0, 0.05) is 6.54 Å². The van der Waals surface area contributed by atoms with Gasteiger partial charge in [0.2, 0.25) is 0 Å². The highest BCUT2D eigenvalue weighted by Gasteiger charge is 2.02.